The minimum absolute atomic E-state index is 0.0425. The molecule has 170 valence electrons. The molecule has 1 aromatic rings. The van der Waals surface area contributed by atoms with Crippen LogP contribution in [0.15, 0.2) is 46.7 Å². The molecule has 1 aromatic carbocycles. The van der Waals surface area contributed by atoms with Gasteiger partial charge in [0.15, 0.2) is 0 Å². The first-order valence-electron chi connectivity index (χ1n) is 9.31. The third kappa shape index (κ3) is 6.18. The van der Waals surface area contributed by atoms with Crippen LogP contribution >= 0.6 is 11.6 Å². The zero-order chi connectivity index (χ0) is 23.2. The lowest BCUT2D eigenvalue weighted by atomic mass is 10.0. The number of carboxylic acids is 1. The largest absolute Gasteiger partial charge is 0.491 e. The van der Waals surface area contributed by atoms with Gasteiger partial charge in [0, 0.05) is 36.9 Å². The number of nitrogens with one attached hydrogen (secondary N) is 1. The average Bonchev–Trinajstić information content (AvgIpc) is 2.70. The Balaban J connectivity index is 2.45. The monoisotopic (exact) mass is 461 g/mol. The summed E-state index contributed by atoms with van der Waals surface area (Å²) in [6.07, 6.45) is -1.41. The van der Waals surface area contributed by atoms with E-state index < -0.39 is 23.4 Å². The molecule has 6 nitrogen and oxygen atoms in total. The van der Waals surface area contributed by atoms with E-state index in [0.717, 1.165) is 12.3 Å². The zero-order valence-corrected chi connectivity index (χ0v) is 17.9. The van der Waals surface area contributed by atoms with Crippen LogP contribution < -0.4 is 14.8 Å². The summed E-state index contributed by atoms with van der Waals surface area (Å²) in [6, 6.07) is 4.73. The van der Waals surface area contributed by atoms with Crippen LogP contribution in [-0.2, 0) is 9.53 Å². The fourth-order valence-electron chi connectivity index (χ4n) is 2.68. The minimum Gasteiger partial charge on any atom is -0.491 e. The highest BCUT2D eigenvalue weighted by molar-refractivity contribution is 6.31. The van der Waals surface area contributed by atoms with Crippen LogP contribution in [0.4, 0.5) is 13.2 Å². The van der Waals surface area contributed by atoms with E-state index in [2.05, 4.69) is 5.32 Å². The Morgan fingerprint density at radius 1 is 1.32 bits per heavy atom. The summed E-state index contributed by atoms with van der Waals surface area (Å²) in [7, 11) is 1.53. The van der Waals surface area contributed by atoms with E-state index in [9.17, 15) is 23.1 Å². The maximum atomic E-state index is 13.0. The van der Waals surface area contributed by atoms with Crippen molar-refractivity contribution in [2.45, 2.75) is 32.2 Å². The van der Waals surface area contributed by atoms with Gasteiger partial charge in [-0.1, -0.05) is 18.5 Å². The van der Waals surface area contributed by atoms with Gasteiger partial charge >= 0.3 is 12.1 Å². The highest BCUT2D eigenvalue weighted by atomic mass is 35.5. The summed E-state index contributed by atoms with van der Waals surface area (Å²) in [4.78, 5) is 11.2. The van der Waals surface area contributed by atoms with E-state index in [0.29, 0.717) is 17.9 Å². The molecule has 1 unspecified atom stereocenters. The topological polar surface area (TPSA) is 77.0 Å². The Morgan fingerprint density at radius 3 is 2.58 bits per heavy atom. The number of halogens is 4. The highest BCUT2D eigenvalue weighted by Crippen LogP contribution is 2.39. The Bertz CT molecular complexity index is 911. The van der Waals surface area contributed by atoms with Gasteiger partial charge in [0.05, 0.1) is 17.2 Å². The van der Waals surface area contributed by atoms with E-state index in [1.165, 1.54) is 26.2 Å². The van der Waals surface area contributed by atoms with Crippen LogP contribution in [0.2, 0.25) is 0 Å². The molecule has 0 aliphatic carbocycles. The SMILES string of the molecule is CCC1(Oc2cc(OCCOC)ccc2/C=C(\C)C(=O)O)NC=C(C(F)(F)F)C=C1Cl. The molecule has 0 bridgehead atoms. The standard InChI is InChI=1S/C21H23ClF3NO5/c1-4-20(18(22)10-15(12-26-20)21(23,24)25)31-17-11-16(30-8-7-29-3)6-5-14(17)9-13(2)19(27)28/h5-6,9-12,26H,4,7-8H2,1-3H3,(H,27,28)/b13-9+. The number of dihydropyridines is 1. The van der Waals surface area contributed by atoms with Crippen molar-refractivity contribution in [1.29, 1.82) is 0 Å². The van der Waals surface area contributed by atoms with Crippen molar-refractivity contribution in [3.8, 4) is 11.5 Å². The number of hydrogen-bond acceptors (Lipinski definition) is 5. The van der Waals surface area contributed by atoms with Gasteiger partial charge < -0.3 is 24.6 Å². The maximum absolute atomic E-state index is 13.0. The number of allylic oxidation sites excluding steroid dienone is 2. The number of alkyl halides is 3. The molecule has 0 spiro atoms. The number of hydrogen-bond donors (Lipinski definition) is 2. The molecule has 1 aliphatic heterocycles. The normalized spacial score (nSPS) is 19.3. The summed E-state index contributed by atoms with van der Waals surface area (Å²) < 4.78 is 55.7. The predicted octanol–water partition coefficient (Wildman–Crippen LogP) is 4.86. The van der Waals surface area contributed by atoms with Crippen molar-refractivity contribution in [1.82, 2.24) is 5.32 Å². The molecule has 2 N–H and O–H groups in total. The summed E-state index contributed by atoms with van der Waals surface area (Å²) in [6.45, 7) is 3.70. The second-order valence-electron chi connectivity index (χ2n) is 6.69. The Labute approximate surface area is 182 Å². The smallest absolute Gasteiger partial charge is 0.417 e. The third-order valence-electron chi connectivity index (χ3n) is 4.49. The summed E-state index contributed by atoms with van der Waals surface area (Å²) in [5.74, 6) is -0.533. The maximum Gasteiger partial charge on any atom is 0.417 e. The number of methoxy groups -OCH3 is 1. The molecule has 2 rings (SSSR count). The highest BCUT2D eigenvalue weighted by Gasteiger charge is 2.42. The van der Waals surface area contributed by atoms with Crippen LogP contribution in [0.3, 0.4) is 0 Å². The molecule has 31 heavy (non-hydrogen) atoms. The fourth-order valence-corrected chi connectivity index (χ4v) is 3.02. The number of carbonyl (C=O) groups is 1. The summed E-state index contributed by atoms with van der Waals surface area (Å²) >= 11 is 6.22. The molecule has 10 heteroatoms. The van der Waals surface area contributed by atoms with Gasteiger partial charge in [0.1, 0.15) is 18.1 Å². The van der Waals surface area contributed by atoms with Gasteiger partial charge in [-0.3, -0.25) is 0 Å². The van der Waals surface area contributed by atoms with Crippen molar-refractivity contribution >= 4 is 23.6 Å². The van der Waals surface area contributed by atoms with Crippen LogP contribution in [0.1, 0.15) is 25.8 Å². The molecule has 0 radical (unpaired) electrons. The van der Waals surface area contributed by atoms with Crippen molar-refractivity contribution in [2.75, 3.05) is 20.3 Å². The van der Waals surface area contributed by atoms with Crippen LogP contribution in [0.25, 0.3) is 6.08 Å². The van der Waals surface area contributed by atoms with Crippen LogP contribution in [-0.4, -0.2) is 43.3 Å². The molecule has 1 atom stereocenters. The van der Waals surface area contributed by atoms with Crippen LogP contribution in [0, 0.1) is 0 Å². The Hall–Kier alpha value is -2.65. The van der Waals surface area contributed by atoms with E-state index >= 15 is 0 Å². The molecular formula is C21H23ClF3NO5. The summed E-state index contributed by atoms with van der Waals surface area (Å²) in [5.41, 5.74) is -1.98. The first-order valence-corrected chi connectivity index (χ1v) is 9.69. The van der Waals surface area contributed by atoms with Crippen molar-refractivity contribution < 1.29 is 37.3 Å². The van der Waals surface area contributed by atoms with Crippen molar-refractivity contribution in [2.24, 2.45) is 0 Å². The number of benzene rings is 1. The fraction of sp³-hybridized carbons (Fsp3) is 0.381. The van der Waals surface area contributed by atoms with E-state index in [1.807, 2.05) is 0 Å². The molecule has 1 heterocycles. The van der Waals surface area contributed by atoms with Gasteiger partial charge in [-0.15, -0.1) is 0 Å². The molecular weight excluding hydrogens is 439 g/mol. The third-order valence-corrected chi connectivity index (χ3v) is 4.90. The van der Waals surface area contributed by atoms with Gasteiger partial charge in [-0.2, -0.15) is 13.2 Å². The lowest BCUT2D eigenvalue weighted by Gasteiger charge is -2.37. The number of rotatable bonds is 9. The number of carboxylic acid groups (broad SMARTS) is 1. The summed E-state index contributed by atoms with van der Waals surface area (Å²) in [5, 5.41) is 11.6. The van der Waals surface area contributed by atoms with Gasteiger partial charge in [-0.25, -0.2) is 4.79 Å². The minimum atomic E-state index is -4.57. The number of aliphatic carboxylic acids is 1. The first-order chi connectivity index (χ1) is 14.5. The van der Waals surface area contributed by atoms with E-state index in [4.69, 9.17) is 25.8 Å². The zero-order valence-electron chi connectivity index (χ0n) is 17.2. The van der Waals surface area contributed by atoms with Gasteiger partial charge in [0.2, 0.25) is 5.72 Å². The molecule has 0 amide bonds. The lowest BCUT2D eigenvalue weighted by Crippen LogP contribution is -2.50. The van der Waals surface area contributed by atoms with Crippen LogP contribution in [0.5, 0.6) is 11.5 Å². The predicted molar refractivity (Wildman–Crippen MR) is 110 cm³/mol. The van der Waals surface area contributed by atoms with Crippen molar-refractivity contribution in [3.63, 3.8) is 0 Å². The molecule has 0 fully saturated rings. The molecule has 0 saturated carbocycles. The molecule has 0 aromatic heterocycles. The number of ether oxygens (including phenoxy) is 3. The lowest BCUT2D eigenvalue weighted by molar-refractivity contribution is -0.132. The quantitative estimate of drug-likeness (QED) is 0.404. The Morgan fingerprint density at radius 2 is 2.03 bits per heavy atom. The van der Waals surface area contributed by atoms with Crippen molar-refractivity contribution in [3.05, 3.63) is 52.2 Å². The van der Waals surface area contributed by atoms with E-state index in [1.54, 1.807) is 19.1 Å². The van der Waals surface area contributed by atoms with Gasteiger partial charge in [0.25, 0.3) is 0 Å². The van der Waals surface area contributed by atoms with Gasteiger partial charge in [-0.05, 0) is 31.2 Å². The molecule has 1 aliphatic rings. The first kappa shape index (κ1) is 24.6. The average molecular weight is 462 g/mol. The molecule has 0 saturated heterocycles. The second-order valence-corrected chi connectivity index (χ2v) is 7.10. The second kappa shape index (κ2) is 10.1. The Kier molecular flexibility index (Phi) is 8.02. The van der Waals surface area contributed by atoms with E-state index in [-0.39, 0.29) is 29.4 Å².